The van der Waals surface area contributed by atoms with Gasteiger partial charge in [-0.2, -0.15) is 18.3 Å². The summed E-state index contributed by atoms with van der Waals surface area (Å²) in [6.07, 6.45) is -5.57. The van der Waals surface area contributed by atoms with Crippen LogP contribution in [-0.2, 0) is 11.0 Å². The second-order valence-corrected chi connectivity index (χ2v) is 4.45. The SMILES string of the molecule is O=C(Nc1cc(C(F)(F)F)[nH]n1)C1CCC(F)(F)C1. The maximum Gasteiger partial charge on any atom is 0.432 e. The third-order valence-corrected chi connectivity index (χ3v) is 2.91. The summed E-state index contributed by atoms with van der Waals surface area (Å²) in [4.78, 5) is 11.6. The van der Waals surface area contributed by atoms with Crippen molar-refractivity contribution in [3.63, 3.8) is 0 Å². The molecule has 19 heavy (non-hydrogen) atoms. The Kier molecular flexibility index (Phi) is 3.23. The van der Waals surface area contributed by atoms with Crippen molar-refractivity contribution in [2.24, 2.45) is 5.92 Å². The molecule has 0 spiro atoms. The second-order valence-electron chi connectivity index (χ2n) is 4.45. The maximum absolute atomic E-state index is 12.9. The van der Waals surface area contributed by atoms with Crippen LogP contribution in [0.15, 0.2) is 6.07 Å². The molecule has 106 valence electrons. The summed E-state index contributed by atoms with van der Waals surface area (Å²) >= 11 is 0. The molecule has 1 aromatic rings. The van der Waals surface area contributed by atoms with E-state index in [0.29, 0.717) is 6.07 Å². The Morgan fingerprint density at radius 3 is 2.63 bits per heavy atom. The fourth-order valence-electron chi connectivity index (χ4n) is 1.93. The van der Waals surface area contributed by atoms with Crippen LogP contribution >= 0.6 is 0 Å². The van der Waals surface area contributed by atoms with Gasteiger partial charge >= 0.3 is 6.18 Å². The van der Waals surface area contributed by atoms with E-state index in [2.05, 4.69) is 10.4 Å². The second kappa shape index (κ2) is 4.46. The van der Waals surface area contributed by atoms with Gasteiger partial charge in [0.15, 0.2) is 5.82 Å². The molecule has 1 amide bonds. The normalized spacial score (nSPS) is 22.5. The minimum Gasteiger partial charge on any atom is -0.309 e. The Hall–Kier alpha value is -1.67. The first-order chi connectivity index (χ1) is 8.67. The number of aromatic nitrogens is 2. The number of hydrogen-bond acceptors (Lipinski definition) is 2. The maximum atomic E-state index is 12.9. The van der Waals surface area contributed by atoms with Crippen molar-refractivity contribution >= 4 is 11.7 Å². The highest BCUT2D eigenvalue weighted by atomic mass is 19.4. The predicted molar refractivity (Wildman–Crippen MR) is 54.5 cm³/mol. The Bertz CT molecular complexity index is 482. The summed E-state index contributed by atoms with van der Waals surface area (Å²) in [5.74, 6) is -4.85. The molecule has 1 fully saturated rings. The van der Waals surface area contributed by atoms with Crippen molar-refractivity contribution in [1.82, 2.24) is 10.2 Å². The number of nitrogens with one attached hydrogen (secondary N) is 2. The molecule has 4 nitrogen and oxygen atoms in total. The van der Waals surface area contributed by atoms with Gasteiger partial charge in [-0.05, 0) is 6.42 Å². The minimum atomic E-state index is -4.60. The van der Waals surface area contributed by atoms with E-state index < -0.39 is 36.0 Å². The standard InChI is InChI=1S/C10H10F5N3O/c11-9(12)2-1-5(4-9)8(19)16-7-3-6(17-18-7)10(13,14)15/h3,5H,1-2,4H2,(H2,16,17,18,19). The van der Waals surface area contributed by atoms with Gasteiger partial charge in [-0.15, -0.1) is 0 Å². The van der Waals surface area contributed by atoms with Gasteiger partial charge in [0.25, 0.3) is 0 Å². The van der Waals surface area contributed by atoms with Crippen LogP contribution < -0.4 is 5.32 Å². The fraction of sp³-hybridized carbons (Fsp3) is 0.600. The van der Waals surface area contributed by atoms with Gasteiger partial charge in [-0.3, -0.25) is 9.89 Å². The number of halogens is 5. The number of alkyl halides is 5. The zero-order valence-electron chi connectivity index (χ0n) is 9.52. The van der Waals surface area contributed by atoms with Crippen LogP contribution in [0.25, 0.3) is 0 Å². The van der Waals surface area contributed by atoms with E-state index >= 15 is 0 Å². The molecular formula is C10H10F5N3O. The minimum absolute atomic E-state index is 0.00931. The van der Waals surface area contributed by atoms with Crippen LogP contribution in [0, 0.1) is 5.92 Å². The number of rotatable bonds is 2. The first kappa shape index (κ1) is 13.8. The summed E-state index contributed by atoms with van der Waals surface area (Å²) in [6.45, 7) is 0. The molecule has 0 bridgehead atoms. The molecule has 1 aliphatic carbocycles. The quantitative estimate of drug-likeness (QED) is 0.820. The third kappa shape index (κ3) is 3.21. The molecule has 1 saturated carbocycles. The van der Waals surface area contributed by atoms with Crippen LogP contribution in [0.4, 0.5) is 27.8 Å². The number of hydrogen-bond donors (Lipinski definition) is 2. The van der Waals surface area contributed by atoms with Gasteiger partial charge in [-0.25, -0.2) is 8.78 Å². The summed E-state index contributed by atoms with van der Waals surface area (Å²) < 4.78 is 62.6. The van der Waals surface area contributed by atoms with Crippen molar-refractivity contribution in [3.05, 3.63) is 11.8 Å². The van der Waals surface area contributed by atoms with Crippen molar-refractivity contribution in [2.75, 3.05) is 5.32 Å². The average Bonchev–Trinajstić information content (AvgIpc) is 2.83. The lowest BCUT2D eigenvalue weighted by Crippen LogP contribution is -2.22. The highest BCUT2D eigenvalue weighted by Crippen LogP contribution is 2.39. The fourth-order valence-corrected chi connectivity index (χ4v) is 1.93. The molecule has 9 heteroatoms. The Morgan fingerprint density at radius 1 is 1.47 bits per heavy atom. The zero-order valence-corrected chi connectivity index (χ0v) is 9.52. The molecule has 0 aromatic carbocycles. The number of carbonyl (C=O) groups excluding carboxylic acids is 1. The van der Waals surface area contributed by atoms with Crippen LogP contribution in [0.2, 0.25) is 0 Å². The third-order valence-electron chi connectivity index (χ3n) is 2.91. The van der Waals surface area contributed by atoms with Gasteiger partial charge in [0, 0.05) is 24.8 Å². The molecule has 0 radical (unpaired) electrons. The number of H-pyrrole nitrogens is 1. The Labute approximate surface area is 104 Å². The zero-order chi connectivity index (χ0) is 14.3. The van der Waals surface area contributed by atoms with E-state index in [-0.39, 0.29) is 18.7 Å². The molecule has 1 unspecified atom stereocenters. The summed E-state index contributed by atoms with van der Waals surface area (Å²) in [5, 5.41) is 7.09. The molecule has 1 heterocycles. The van der Waals surface area contributed by atoms with E-state index in [1.54, 1.807) is 5.10 Å². The summed E-state index contributed by atoms with van der Waals surface area (Å²) in [6, 6.07) is 0.616. The Balaban J connectivity index is 1.98. The van der Waals surface area contributed by atoms with Crippen molar-refractivity contribution in [3.8, 4) is 0 Å². The number of anilines is 1. The molecule has 2 rings (SSSR count). The summed E-state index contributed by atoms with van der Waals surface area (Å²) in [5.41, 5.74) is -1.11. The topological polar surface area (TPSA) is 57.8 Å². The lowest BCUT2D eigenvalue weighted by atomic mass is 10.1. The van der Waals surface area contributed by atoms with E-state index in [4.69, 9.17) is 0 Å². The van der Waals surface area contributed by atoms with Crippen LogP contribution in [0.1, 0.15) is 25.0 Å². The largest absolute Gasteiger partial charge is 0.432 e. The van der Waals surface area contributed by atoms with Crippen molar-refractivity contribution < 1.29 is 26.7 Å². The molecule has 1 atom stereocenters. The molecule has 1 aromatic heterocycles. The summed E-state index contributed by atoms with van der Waals surface area (Å²) in [7, 11) is 0. The van der Waals surface area contributed by atoms with Gasteiger partial charge in [0.05, 0.1) is 0 Å². The highest BCUT2D eigenvalue weighted by molar-refractivity contribution is 5.91. The van der Waals surface area contributed by atoms with Gasteiger partial charge in [0.1, 0.15) is 5.69 Å². The van der Waals surface area contributed by atoms with E-state index in [1.165, 1.54) is 0 Å². The molecule has 1 aliphatic rings. The van der Waals surface area contributed by atoms with Crippen LogP contribution in [0.3, 0.4) is 0 Å². The van der Waals surface area contributed by atoms with Crippen molar-refractivity contribution in [2.45, 2.75) is 31.4 Å². The van der Waals surface area contributed by atoms with Crippen LogP contribution in [-0.4, -0.2) is 22.0 Å². The van der Waals surface area contributed by atoms with Gasteiger partial charge < -0.3 is 5.32 Å². The van der Waals surface area contributed by atoms with E-state index in [9.17, 15) is 26.7 Å². The molecular weight excluding hydrogens is 273 g/mol. The van der Waals surface area contributed by atoms with E-state index in [1.807, 2.05) is 0 Å². The van der Waals surface area contributed by atoms with Gasteiger partial charge in [0.2, 0.25) is 11.8 Å². The Morgan fingerprint density at radius 2 is 2.16 bits per heavy atom. The van der Waals surface area contributed by atoms with Crippen LogP contribution in [0.5, 0.6) is 0 Å². The molecule has 2 N–H and O–H groups in total. The van der Waals surface area contributed by atoms with Gasteiger partial charge in [-0.1, -0.05) is 0 Å². The average molecular weight is 283 g/mol. The first-order valence-electron chi connectivity index (χ1n) is 5.49. The van der Waals surface area contributed by atoms with Crippen molar-refractivity contribution in [1.29, 1.82) is 0 Å². The lowest BCUT2D eigenvalue weighted by molar-refractivity contribution is -0.141. The first-order valence-corrected chi connectivity index (χ1v) is 5.49. The van der Waals surface area contributed by atoms with E-state index in [0.717, 1.165) is 0 Å². The number of carbonyl (C=O) groups is 1. The highest BCUT2D eigenvalue weighted by Gasteiger charge is 2.42. The molecule has 0 aliphatic heterocycles. The predicted octanol–water partition coefficient (Wildman–Crippen LogP) is 2.80. The molecule has 0 saturated heterocycles. The monoisotopic (exact) mass is 283 g/mol. The number of nitrogens with zero attached hydrogens (tertiary/aromatic N) is 1. The smallest absolute Gasteiger partial charge is 0.309 e. The lowest BCUT2D eigenvalue weighted by Gasteiger charge is -2.09. The number of aromatic amines is 1. The number of amides is 1.